The monoisotopic (exact) mass is 187 g/mol. The molecular weight excluding hydrogens is 181 g/mol. The van der Waals surface area contributed by atoms with Crippen LogP contribution >= 0.6 is 0 Å². The number of hydrogen-bond donors (Lipinski definition) is 0. The molecule has 1 nitrogen and oxygen atoms in total. The van der Waals surface area contributed by atoms with Gasteiger partial charge in [-0.05, 0) is 18.1 Å². The Labute approximate surface area is 73.2 Å². The van der Waals surface area contributed by atoms with Crippen molar-refractivity contribution in [3.05, 3.63) is 35.1 Å². The van der Waals surface area contributed by atoms with Gasteiger partial charge in [-0.15, -0.1) is 0 Å². The van der Waals surface area contributed by atoms with Gasteiger partial charge in [-0.1, -0.05) is 6.07 Å². The van der Waals surface area contributed by atoms with Crippen molar-refractivity contribution in [3.63, 3.8) is 0 Å². The lowest BCUT2D eigenvalue weighted by Gasteiger charge is -2.01. The maximum Gasteiger partial charge on any atom is 0.198 e. The summed E-state index contributed by atoms with van der Waals surface area (Å²) in [7, 11) is 0. The molecule has 1 rings (SSSR count). The third-order valence-electron chi connectivity index (χ3n) is 1.61. The standard InChI is InChI=1S/C9H6F3O/c10-7-4-3-6(2-1-5-13)8(11)9(7)12/h3-4H,1-2H2. The molecule has 0 aliphatic heterocycles. The highest BCUT2D eigenvalue weighted by atomic mass is 19.2. The topological polar surface area (TPSA) is 17.1 Å². The van der Waals surface area contributed by atoms with E-state index in [-0.39, 0.29) is 18.4 Å². The van der Waals surface area contributed by atoms with Crippen LogP contribution < -0.4 is 0 Å². The maximum absolute atomic E-state index is 12.8. The molecule has 1 aromatic carbocycles. The lowest BCUT2D eigenvalue weighted by molar-refractivity contribution is 0.441. The molecule has 0 aliphatic carbocycles. The molecule has 0 amide bonds. The first-order valence-electron chi connectivity index (χ1n) is 3.64. The van der Waals surface area contributed by atoms with E-state index in [0.29, 0.717) is 0 Å². The highest BCUT2D eigenvalue weighted by Gasteiger charge is 2.12. The highest BCUT2D eigenvalue weighted by molar-refractivity contribution is 5.51. The fourth-order valence-corrected chi connectivity index (χ4v) is 0.945. The summed E-state index contributed by atoms with van der Waals surface area (Å²) < 4.78 is 37.8. The van der Waals surface area contributed by atoms with Gasteiger partial charge in [-0.3, -0.25) is 4.79 Å². The van der Waals surface area contributed by atoms with Crippen molar-refractivity contribution in [1.82, 2.24) is 0 Å². The van der Waals surface area contributed by atoms with Crippen molar-refractivity contribution in [1.29, 1.82) is 0 Å². The Hall–Kier alpha value is -1.32. The molecule has 0 atom stereocenters. The SMILES string of the molecule is O=[C]CCc1ccc(F)c(F)c1F. The highest BCUT2D eigenvalue weighted by Crippen LogP contribution is 2.15. The van der Waals surface area contributed by atoms with Gasteiger partial charge in [0.1, 0.15) is 0 Å². The van der Waals surface area contributed by atoms with E-state index in [1.165, 1.54) is 0 Å². The normalized spacial score (nSPS) is 10.1. The van der Waals surface area contributed by atoms with Gasteiger partial charge in [0, 0.05) is 6.42 Å². The summed E-state index contributed by atoms with van der Waals surface area (Å²) in [5.41, 5.74) is -0.0118. The van der Waals surface area contributed by atoms with E-state index in [1.54, 1.807) is 6.29 Å². The Kier molecular flexibility index (Phi) is 3.06. The molecule has 69 valence electrons. The van der Waals surface area contributed by atoms with Crippen LogP contribution in [-0.2, 0) is 11.2 Å². The van der Waals surface area contributed by atoms with Gasteiger partial charge in [-0.2, -0.15) is 0 Å². The Morgan fingerprint density at radius 1 is 1.15 bits per heavy atom. The molecular formula is C9H6F3O. The molecule has 4 heteroatoms. The second-order valence-electron chi connectivity index (χ2n) is 2.48. The number of hydrogen-bond acceptors (Lipinski definition) is 1. The van der Waals surface area contributed by atoms with Gasteiger partial charge in [0.15, 0.2) is 23.7 Å². The molecule has 0 saturated carbocycles. The van der Waals surface area contributed by atoms with Gasteiger partial charge in [-0.25, -0.2) is 13.2 Å². The zero-order chi connectivity index (χ0) is 9.84. The van der Waals surface area contributed by atoms with Crippen LogP contribution in [-0.4, -0.2) is 6.29 Å². The largest absolute Gasteiger partial charge is 0.291 e. The van der Waals surface area contributed by atoms with Crippen LogP contribution in [0.5, 0.6) is 0 Å². The van der Waals surface area contributed by atoms with E-state index in [0.717, 1.165) is 12.1 Å². The second-order valence-corrected chi connectivity index (χ2v) is 2.48. The molecule has 0 fully saturated rings. The molecule has 0 aliphatic rings. The van der Waals surface area contributed by atoms with Gasteiger partial charge >= 0.3 is 0 Å². The van der Waals surface area contributed by atoms with Crippen LogP contribution in [0.2, 0.25) is 0 Å². The zero-order valence-corrected chi connectivity index (χ0v) is 6.61. The van der Waals surface area contributed by atoms with Crippen molar-refractivity contribution in [3.8, 4) is 0 Å². The molecule has 0 heterocycles. The first-order valence-corrected chi connectivity index (χ1v) is 3.64. The molecule has 13 heavy (non-hydrogen) atoms. The fraction of sp³-hybridized carbons (Fsp3) is 0.222. The van der Waals surface area contributed by atoms with Crippen LogP contribution in [0.25, 0.3) is 0 Å². The van der Waals surface area contributed by atoms with E-state index in [1.807, 2.05) is 0 Å². The van der Waals surface area contributed by atoms with Crippen molar-refractivity contribution in [2.45, 2.75) is 12.8 Å². The molecule has 1 aromatic rings. The average Bonchev–Trinajstić information content (AvgIpc) is 2.13. The van der Waals surface area contributed by atoms with Crippen LogP contribution in [0.15, 0.2) is 12.1 Å². The number of carbonyl (C=O) groups excluding carboxylic acids is 1. The Bertz CT molecular complexity index is 323. The molecule has 0 spiro atoms. The second kappa shape index (κ2) is 4.07. The van der Waals surface area contributed by atoms with Crippen LogP contribution in [0.4, 0.5) is 13.2 Å². The number of halogens is 3. The zero-order valence-electron chi connectivity index (χ0n) is 6.61. The Balaban J connectivity index is 2.96. The van der Waals surface area contributed by atoms with Gasteiger partial charge < -0.3 is 0 Å². The first-order chi connectivity index (χ1) is 6.16. The van der Waals surface area contributed by atoms with Gasteiger partial charge in [0.25, 0.3) is 0 Å². The minimum atomic E-state index is -1.50. The van der Waals surface area contributed by atoms with E-state index < -0.39 is 17.5 Å². The minimum Gasteiger partial charge on any atom is -0.291 e. The van der Waals surface area contributed by atoms with Crippen LogP contribution in [0, 0.1) is 17.5 Å². The summed E-state index contributed by atoms with van der Waals surface area (Å²) in [5.74, 6) is -3.95. The lowest BCUT2D eigenvalue weighted by atomic mass is 10.1. The molecule has 0 bridgehead atoms. The Morgan fingerprint density at radius 2 is 1.85 bits per heavy atom. The van der Waals surface area contributed by atoms with E-state index in [2.05, 4.69) is 0 Å². The first kappa shape index (κ1) is 9.77. The van der Waals surface area contributed by atoms with E-state index >= 15 is 0 Å². The molecule has 1 radical (unpaired) electrons. The summed E-state index contributed by atoms with van der Waals surface area (Å²) >= 11 is 0. The van der Waals surface area contributed by atoms with E-state index in [9.17, 15) is 18.0 Å². The predicted octanol–water partition coefficient (Wildman–Crippen LogP) is 2.15. The summed E-state index contributed by atoms with van der Waals surface area (Å²) in [6.07, 6.45) is 1.55. The fourth-order valence-electron chi connectivity index (χ4n) is 0.945. The smallest absolute Gasteiger partial charge is 0.198 e. The minimum absolute atomic E-state index is 0.0118. The summed E-state index contributed by atoms with van der Waals surface area (Å²) in [5, 5.41) is 0. The quantitative estimate of drug-likeness (QED) is 0.662. The van der Waals surface area contributed by atoms with E-state index in [4.69, 9.17) is 0 Å². The summed E-state index contributed by atoms with van der Waals surface area (Å²) in [6, 6.07) is 1.95. The third-order valence-corrected chi connectivity index (χ3v) is 1.61. The number of benzene rings is 1. The third kappa shape index (κ3) is 2.08. The Morgan fingerprint density at radius 3 is 2.46 bits per heavy atom. The summed E-state index contributed by atoms with van der Waals surface area (Å²) in [6.45, 7) is 0. The average molecular weight is 187 g/mol. The predicted molar refractivity (Wildman–Crippen MR) is 40.3 cm³/mol. The van der Waals surface area contributed by atoms with Crippen molar-refractivity contribution >= 4 is 6.29 Å². The van der Waals surface area contributed by atoms with Crippen LogP contribution in [0.3, 0.4) is 0 Å². The maximum atomic E-state index is 12.8. The van der Waals surface area contributed by atoms with Gasteiger partial charge in [0.2, 0.25) is 0 Å². The van der Waals surface area contributed by atoms with Crippen LogP contribution in [0.1, 0.15) is 12.0 Å². The number of rotatable bonds is 3. The summed E-state index contributed by atoms with van der Waals surface area (Å²) in [4.78, 5) is 9.83. The van der Waals surface area contributed by atoms with Crippen molar-refractivity contribution < 1.29 is 18.0 Å². The molecule has 0 saturated heterocycles. The van der Waals surface area contributed by atoms with Crippen molar-refractivity contribution in [2.75, 3.05) is 0 Å². The lowest BCUT2D eigenvalue weighted by Crippen LogP contribution is -1.97. The number of aryl methyl sites for hydroxylation is 1. The molecule has 0 N–H and O–H groups in total. The van der Waals surface area contributed by atoms with Crippen molar-refractivity contribution in [2.24, 2.45) is 0 Å². The van der Waals surface area contributed by atoms with Gasteiger partial charge in [0.05, 0.1) is 0 Å². The molecule has 0 aromatic heterocycles. The molecule has 0 unspecified atom stereocenters.